The molecule has 0 N–H and O–H groups in total. The molecule has 0 bridgehead atoms. The Morgan fingerprint density at radius 1 is 1.17 bits per heavy atom. The van der Waals surface area contributed by atoms with Crippen LogP contribution >= 0.6 is 0 Å². The fourth-order valence-electron chi connectivity index (χ4n) is 1.20. The van der Waals surface area contributed by atoms with Crippen molar-refractivity contribution in [2.75, 3.05) is 13.1 Å². The van der Waals surface area contributed by atoms with Crippen molar-refractivity contribution in [2.45, 2.75) is 39.7 Å². The number of rotatable bonds is 5. The summed E-state index contributed by atoms with van der Waals surface area (Å²) in [6.45, 7) is 8.03. The summed E-state index contributed by atoms with van der Waals surface area (Å²) in [5, 5.41) is 0. The minimum absolute atomic E-state index is 0.419. The fourth-order valence-corrected chi connectivity index (χ4v) is 3.16. The lowest BCUT2D eigenvalue weighted by Gasteiger charge is -2.29. The predicted molar refractivity (Wildman–Crippen MR) is 50.6 cm³/mol. The summed E-state index contributed by atoms with van der Waals surface area (Å²) < 4.78 is 28.4. The van der Waals surface area contributed by atoms with Crippen molar-refractivity contribution >= 4 is 8.90 Å². The van der Waals surface area contributed by atoms with E-state index in [-0.39, 0.29) is 0 Å². The van der Waals surface area contributed by atoms with E-state index in [2.05, 4.69) is 0 Å². The smallest absolute Gasteiger partial charge is 0.274 e. The molecule has 0 spiro atoms. The lowest BCUT2D eigenvalue weighted by Crippen LogP contribution is -2.49. The number of halogens is 2. The molecule has 0 fully saturated rings. The first-order valence-corrected chi connectivity index (χ1v) is 6.41. The van der Waals surface area contributed by atoms with Crippen molar-refractivity contribution in [1.29, 1.82) is 0 Å². The molecule has 0 amide bonds. The summed E-state index contributed by atoms with van der Waals surface area (Å²) in [5.74, 6) is 0. The quantitative estimate of drug-likeness (QED) is 0.481. The Labute approximate surface area is 75.2 Å². The maximum Gasteiger partial charge on any atom is 0.509 e. The molecule has 0 aromatic rings. The van der Waals surface area contributed by atoms with E-state index < -0.39 is 14.4 Å². The Hall–Kier alpha value is 0.0369. The fraction of sp³-hybridized carbons (Fsp3) is 1.00. The van der Waals surface area contributed by atoms with Crippen molar-refractivity contribution in [3.63, 3.8) is 0 Å². The highest BCUT2D eigenvalue weighted by Gasteiger charge is 2.46. The Balaban J connectivity index is 4.33. The minimum Gasteiger partial charge on any atom is -0.274 e. The molecule has 4 heteroatoms. The largest absolute Gasteiger partial charge is 0.509 e. The van der Waals surface area contributed by atoms with Gasteiger partial charge in [-0.25, -0.2) is 0 Å². The van der Waals surface area contributed by atoms with Crippen LogP contribution in [0.25, 0.3) is 0 Å². The molecular formula is C8H19F2NSi. The van der Waals surface area contributed by atoms with Gasteiger partial charge in [0.15, 0.2) is 0 Å². The van der Waals surface area contributed by atoms with Gasteiger partial charge in [-0.15, -0.1) is 0 Å². The standard InChI is InChI=1S/C8H19F2NSi/c1-5-8(4)12(9,10)11(6-2)7-3/h8H,5-7H2,1-4H3. The normalized spacial score (nSPS) is 15.2. The molecule has 0 aliphatic rings. The van der Waals surface area contributed by atoms with Gasteiger partial charge in [-0.2, -0.15) is 0 Å². The lowest BCUT2D eigenvalue weighted by atomic mass is 10.4. The molecule has 0 saturated heterocycles. The van der Waals surface area contributed by atoms with E-state index in [0.717, 1.165) is 0 Å². The lowest BCUT2D eigenvalue weighted by molar-refractivity contribution is 0.336. The zero-order valence-electron chi connectivity index (χ0n) is 8.40. The van der Waals surface area contributed by atoms with Gasteiger partial charge in [0.25, 0.3) is 0 Å². The summed E-state index contributed by atoms with van der Waals surface area (Å²) in [6, 6.07) is 0. The molecule has 0 aromatic heterocycles. The molecule has 0 heterocycles. The van der Waals surface area contributed by atoms with Gasteiger partial charge in [-0.1, -0.05) is 27.7 Å². The van der Waals surface area contributed by atoms with Crippen LogP contribution < -0.4 is 0 Å². The van der Waals surface area contributed by atoms with Crippen LogP contribution in [-0.4, -0.2) is 26.6 Å². The first-order valence-electron chi connectivity index (χ1n) is 4.63. The van der Waals surface area contributed by atoms with E-state index in [9.17, 15) is 8.22 Å². The van der Waals surface area contributed by atoms with Crippen LogP contribution in [0.4, 0.5) is 8.22 Å². The molecular weight excluding hydrogens is 176 g/mol. The van der Waals surface area contributed by atoms with Crippen LogP contribution in [0.3, 0.4) is 0 Å². The van der Waals surface area contributed by atoms with E-state index in [4.69, 9.17) is 0 Å². The van der Waals surface area contributed by atoms with E-state index in [0.29, 0.717) is 19.5 Å². The number of hydrogen-bond donors (Lipinski definition) is 0. The maximum atomic E-state index is 13.5. The van der Waals surface area contributed by atoms with Gasteiger partial charge in [0.1, 0.15) is 0 Å². The Morgan fingerprint density at radius 2 is 1.58 bits per heavy atom. The number of nitrogens with zero attached hydrogens (tertiary/aromatic N) is 1. The first kappa shape index (κ1) is 12.0. The molecule has 1 atom stereocenters. The van der Waals surface area contributed by atoms with Gasteiger partial charge >= 0.3 is 8.90 Å². The summed E-state index contributed by atoms with van der Waals surface area (Å²) in [6.07, 6.45) is 0.579. The highest BCUT2D eigenvalue weighted by atomic mass is 28.4. The minimum atomic E-state index is -4.10. The summed E-state index contributed by atoms with van der Waals surface area (Å²) in [7, 11) is -4.10. The molecule has 0 rings (SSSR count). The third kappa shape index (κ3) is 2.52. The average Bonchev–Trinajstić information content (AvgIpc) is 2.04. The zero-order valence-corrected chi connectivity index (χ0v) is 9.40. The van der Waals surface area contributed by atoms with Crippen LogP contribution in [0, 0.1) is 0 Å². The highest BCUT2D eigenvalue weighted by Crippen LogP contribution is 2.30. The topological polar surface area (TPSA) is 3.24 Å². The second-order valence-corrected chi connectivity index (χ2v) is 5.86. The van der Waals surface area contributed by atoms with Crippen LogP contribution in [0.1, 0.15) is 34.1 Å². The van der Waals surface area contributed by atoms with Gasteiger partial charge < -0.3 is 0 Å². The summed E-state index contributed by atoms with van der Waals surface area (Å²) in [4.78, 5) is 0. The van der Waals surface area contributed by atoms with Crippen molar-refractivity contribution in [1.82, 2.24) is 4.57 Å². The van der Waals surface area contributed by atoms with E-state index in [1.165, 1.54) is 4.57 Å². The van der Waals surface area contributed by atoms with E-state index in [1.54, 1.807) is 20.8 Å². The molecule has 0 radical (unpaired) electrons. The second-order valence-electron chi connectivity index (χ2n) is 3.07. The van der Waals surface area contributed by atoms with Crippen LogP contribution in [0.2, 0.25) is 5.54 Å². The summed E-state index contributed by atoms with van der Waals surface area (Å²) >= 11 is 0. The third-order valence-electron chi connectivity index (χ3n) is 2.39. The van der Waals surface area contributed by atoms with Crippen LogP contribution in [-0.2, 0) is 0 Å². The molecule has 0 aromatic carbocycles. The molecule has 0 aliphatic carbocycles. The van der Waals surface area contributed by atoms with Crippen LogP contribution in [0.5, 0.6) is 0 Å². The number of hydrogen-bond acceptors (Lipinski definition) is 1. The van der Waals surface area contributed by atoms with Gasteiger partial charge in [0.2, 0.25) is 0 Å². The molecule has 1 unspecified atom stereocenters. The van der Waals surface area contributed by atoms with Gasteiger partial charge in [0.05, 0.1) is 0 Å². The van der Waals surface area contributed by atoms with Gasteiger partial charge in [0, 0.05) is 5.54 Å². The highest BCUT2D eigenvalue weighted by molar-refractivity contribution is 6.64. The van der Waals surface area contributed by atoms with Crippen molar-refractivity contribution in [3.8, 4) is 0 Å². The third-order valence-corrected chi connectivity index (χ3v) is 5.46. The monoisotopic (exact) mass is 195 g/mol. The second kappa shape index (κ2) is 4.92. The van der Waals surface area contributed by atoms with Crippen LogP contribution in [0.15, 0.2) is 0 Å². The first-order chi connectivity index (χ1) is 5.50. The predicted octanol–water partition coefficient (Wildman–Crippen LogP) is 3.01. The van der Waals surface area contributed by atoms with Crippen molar-refractivity contribution in [3.05, 3.63) is 0 Å². The van der Waals surface area contributed by atoms with Crippen molar-refractivity contribution in [2.24, 2.45) is 0 Å². The van der Waals surface area contributed by atoms with E-state index >= 15 is 0 Å². The van der Waals surface area contributed by atoms with Crippen molar-refractivity contribution < 1.29 is 8.22 Å². The molecule has 74 valence electrons. The molecule has 0 aliphatic heterocycles. The SMILES string of the molecule is CCC(C)[Si](F)(F)N(CC)CC. The molecule has 0 saturated carbocycles. The van der Waals surface area contributed by atoms with Gasteiger partial charge in [-0.3, -0.25) is 12.8 Å². The average molecular weight is 195 g/mol. The zero-order chi connectivity index (χ0) is 9.78. The van der Waals surface area contributed by atoms with Gasteiger partial charge in [-0.05, 0) is 19.5 Å². The Kier molecular flexibility index (Phi) is 4.93. The summed E-state index contributed by atoms with van der Waals surface area (Å²) in [5.41, 5.74) is -0.419. The molecule has 1 nitrogen and oxygen atoms in total. The Bertz CT molecular complexity index is 126. The maximum absolute atomic E-state index is 13.5. The Morgan fingerprint density at radius 3 is 1.83 bits per heavy atom. The molecule has 12 heavy (non-hydrogen) atoms. The van der Waals surface area contributed by atoms with E-state index in [1.807, 2.05) is 6.92 Å².